The lowest BCUT2D eigenvalue weighted by molar-refractivity contribution is -0.383. The molecule has 0 unspecified atom stereocenters. The van der Waals surface area contributed by atoms with Crippen LogP contribution in [-0.2, 0) is 11.0 Å². The molecule has 2 rings (SSSR count). The van der Waals surface area contributed by atoms with E-state index in [0.717, 1.165) is 6.92 Å². The van der Waals surface area contributed by atoms with E-state index < -0.39 is 49.3 Å². The first-order valence-electron chi connectivity index (χ1n) is 6.20. The first kappa shape index (κ1) is 19.3. The predicted molar refractivity (Wildman–Crippen MR) is 84.6 cm³/mol. The predicted octanol–water partition coefficient (Wildman–Crippen LogP) is 4.72. The molecule has 2 aromatic rings. The van der Waals surface area contributed by atoms with E-state index in [1.54, 1.807) is 0 Å². The van der Waals surface area contributed by atoms with Crippen molar-refractivity contribution in [3.63, 3.8) is 0 Å². The third-order valence-corrected chi connectivity index (χ3v) is 3.68. The molecule has 0 saturated carbocycles. The lowest BCUT2D eigenvalue weighted by atomic mass is 10.2. The molecular weight excluding hydrogens is 412 g/mol. The monoisotopic (exact) mass is 416 g/mol. The van der Waals surface area contributed by atoms with Crippen molar-refractivity contribution >= 4 is 52.2 Å². The third kappa shape index (κ3) is 3.80. The normalized spacial score (nSPS) is 11.5. The van der Waals surface area contributed by atoms with E-state index in [-0.39, 0.29) is 5.69 Å². The molecule has 0 aliphatic carbocycles. The zero-order chi connectivity index (χ0) is 19.1. The minimum atomic E-state index is -4.71. The Hall–Kier alpha value is -2.04. The fraction of sp³-hybridized carbons (Fsp3) is 0.167. The zero-order valence-corrected chi connectivity index (χ0v) is 14.3. The molecule has 1 N–H and O–H groups in total. The van der Waals surface area contributed by atoms with Gasteiger partial charge in [-0.3, -0.25) is 14.9 Å². The summed E-state index contributed by atoms with van der Waals surface area (Å²) >= 11 is 17.4. The summed E-state index contributed by atoms with van der Waals surface area (Å²) < 4.78 is 39.1. The Kier molecular flexibility index (Phi) is 5.17. The molecule has 0 spiro atoms. The molecule has 13 heteroatoms. The molecule has 1 heterocycles. The molecule has 0 radical (unpaired) electrons. The van der Waals surface area contributed by atoms with Crippen molar-refractivity contribution in [1.29, 1.82) is 0 Å². The summed E-state index contributed by atoms with van der Waals surface area (Å²) in [6.07, 6.45) is -4.71. The van der Waals surface area contributed by atoms with Crippen LogP contribution in [0.4, 0.5) is 24.7 Å². The van der Waals surface area contributed by atoms with Gasteiger partial charge >= 0.3 is 11.9 Å². The molecular formula is C12H6Cl3F3N4O3. The number of hydrogen-bond donors (Lipinski definition) is 1. The van der Waals surface area contributed by atoms with Gasteiger partial charge in [0.2, 0.25) is 16.9 Å². The van der Waals surface area contributed by atoms with Crippen molar-refractivity contribution < 1.29 is 22.9 Å². The van der Waals surface area contributed by atoms with Crippen molar-refractivity contribution in [2.24, 2.45) is 0 Å². The van der Waals surface area contributed by atoms with Gasteiger partial charge in [0, 0.05) is 6.92 Å². The van der Waals surface area contributed by atoms with Crippen LogP contribution in [0.5, 0.6) is 0 Å². The van der Waals surface area contributed by atoms with Crippen molar-refractivity contribution in [2.45, 2.75) is 13.1 Å². The van der Waals surface area contributed by atoms with Gasteiger partial charge in [0.1, 0.15) is 5.69 Å². The Morgan fingerprint density at radius 1 is 1.28 bits per heavy atom. The van der Waals surface area contributed by atoms with Gasteiger partial charge in [-0.05, 0) is 12.1 Å². The van der Waals surface area contributed by atoms with Crippen LogP contribution in [0.1, 0.15) is 12.5 Å². The average molecular weight is 418 g/mol. The number of amides is 1. The van der Waals surface area contributed by atoms with E-state index in [1.165, 1.54) is 0 Å². The lowest BCUT2D eigenvalue weighted by Gasteiger charge is -2.13. The van der Waals surface area contributed by atoms with Gasteiger partial charge in [-0.2, -0.15) is 13.2 Å². The zero-order valence-electron chi connectivity index (χ0n) is 12.0. The summed E-state index contributed by atoms with van der Waals surface area (Å²) in [5, 5.41) is 15.3. The van der Waals surface area contributed by atoms with Crippen LogP contribution >= 0.6 is 34.8 Å². The van der Waals surface area contributed by atoms with Crippen molar-refractivity contribution in [3.05, 3.63) is 43.0 Å². The highest BCUT2D eigenvalue weighted by Gasteiger charge is 2.34. The maximum absolute atomic E-state index is 12.8. The standard InChI is InChI=1S/C12H6Cl3F3N4O3/c1-4(23)19-11-9(22(24)25)10(15)20-21(11)8-6(13)2-5(3-7(8)14)12(16,17)18/h2-3H,1H3,(H,19,23). The number of nitrogens with zero attached hydrogens (tertiary/aromatic N) is 3. The molecule has 7 nitrogen and oxygen atoms in total. The number of alkyl halides is 3. The number of rotatable bonds is 3. The number of nitrogens with one attached hydrogen (secondary N) is 1. The number of nitro groups is 1. The van der Waals surface area contributed by atoms with Gasteiger partial charge in [-0.25, -0.2) is 4.68 Å². The van der Waals surface area contributed by atoms with E-state index in [2.05, 4.69) is 10.4 Å². The van der Waals surface area contributed by atoms with Crippen LogP contribution in [0.15, 0.2) is 12.1 Å². The summed E-state index contributed by atoms with van der Waals surface area (Å²) in [6, 6.07) is 1.14. The Morgan fingerprint density at radius 2 is 1.80 bits per heavy atom. The van der Waals surface area contributed by atoms with Gasteiger partial charge in [0.05, 0.1) is 20.5 Å². The number of anilines is 1. The number of benzene rings is 1. The average Bonchev–Trinajstić information content (AvgIpc) is 2.72. The third-order valence-electron chi connectivity index (χ3n) is 2.85. The largest absolute Gasteiger partial charge is 0.416 e. The topological polar surface area (TPSA) is 90.1 Å². The summed E-state index contributed by atoms with van der Waals surface area (Å²) in [6.45, 7) is 1.06. The second-order valence-corrected chi connectivity index (χ2v) is 5.80. The van der Waals surface area contributed by atoms with Gasteiger partial charge < -0.3 is 5.32 Å². The highest BCUT2D eigenvalue weighted by Crippen LogP contribution is 2.41. The molecule has 0 atom stereocenters. The van der Waals surface area contributed by atoms with Crippen molar-refractivity contribution in [2.75, 3.05) is 5.32 Å². The number of aromatic nitrogens is 2. The minimum Gasteiger partial charge on any atom is -0.305 e. The second-order valence-electron chi connectivity index (χ2n) is 4.62. The molecule has 0 aliphatic heterocycles. The molecule has 1 amide bonds. The molecule has 0 fully saturated rings. The van der Waals surface area contributed by atoms with Crippen LogP contribution in [0, 0.1) is 10.1 Å². The van der Waals surface area contributed by atoms with Gasteiger partial charge in [-0.15, -0.1) is 5.10 Å². The second kappa shape index (κ2) is 6.70. The van der Waals surface area contributed by atoms with E-state index in [4.69, 9.17) is 34.8 Å². The van der Waals surface area contributed by atoms with E-state index in [0.29, 0.717) is 16.8 Å². The molecule has 25 heavy (non-hydrogen) atoms. The SMILES string of the molecule is CC(=O)Nc1c([N+](=O)[O-])c(Cl)nn1-c1c(Cl)cc(C(F)(F)F)cc1Cl. The summed E-state index contributed by atoms with van der Waals surface area (Å²) in [4.78, 5) is 21.5. The minimum absolute atomic E-state index is 0.310. The molecule has 0 saturated heterocycles. The van der Waals surface area contributed by atoms with Gasteiger partial charge in [-0.1, -0.05) is 34.8 Å². The molecule has 1 aromatic heterocycles. The highest BCUT2D eigenvalue weighted by molar-refractivity contribution is 6.38. The van der Waals surface area contributed by atoms with E-state index >= 15 is 0 Å². The Labute approximate surface area is 152 Å². The van der Waals surface area contributed by atoms with Crippen LogP contribution in [-0.4, -0.2) is 20.6 Å². The van der Waals surface area contributed by atoms with Crippen LogP contribution < -0.4 is 5.32 Å². The summed E-state index contributed by atoms with van der Waals surface area (Å²) in [5.74, 6) is -1.20. The molecule has 1 aromatic carbocycles. The quantitative estimate of drug-likeness (QED) is 0.578. The van der Waals surface area contributed by atoms with Crippen LogP contribution in [0.3, 0.4) is 0 Å². The smallest absolute Gasteiger partial charge is 0.305 e. The fourth-order valence-electron chi connectivity index (χ4n) is 1.92. The summed E-state index contributed by atoms with van der Waals surface area (Å²) in [7, 11) is 0. The first-order valence-corrected chi connectivity index (χ1v) is 7.34. The Balaban J connectivity index is 2.77. The van der Waals surface area contributed by atoms with Gasteiger partial charge in [0.15, 0.2) is 0 Å². The van der Waals surface area contributed by atoms with Crippen molar-refractivity contribution in [3.8, 4) is 5.69 Å². The lowest BCUT2D eigenvalue weighted by Crippen LogP contribution is -2.13. The van der Waals surface area contributed by atoms with E-state index in [1.807, 2.05) is 0 Å². The Morgan fingerprint density at radius 3 is 2.20 bits per heavy atom. The Bertz CT molecular complexity index is 859. The molecule has 134 valence electrons. The maximum atomic E-state index is 12.8. The first-order chi connectivity index (χ1) is 11.4. The number of hydrogen-bond acceptors (Lipinski definition) is 4. The number of carbonyl (C=O) groups is 1. The van der Waals surface area contributed by atoms with Crippen molar-refractivity contribution in [1.82, 2.24) is 9.78 Å². The summed E-state index contributed by atoms with van der Waals surface area (Å²) in [5.41, 5.74) is -2.20. The maximum Gasteiger partial charge on any atom is 0.416 e. The number of halogens is 6. The van der Waals surface area contributed by atoms with Gasteiger partial charge in [0.25, 0.3) is 0 Å². The van der Waals surface area contributed by atoms with Crippen LogP contribution in [0.2, 0.25) is 15.2 Å². The number of carbonyl (C=O) groups excluding carboxylic acids is 1. The van der Waals surface area contributed by atoms with E-state index in [9.17, 15) is 28.1 Å². The van der Waals surface area contributed by atoms with Crippen LogP contribution in [0.25, 0.3) is 5.69 Å². The molecule has 0 bridgehead atoms. The molecule has 0 aliphatic rings. The highest BCUT2D eigenvalue weighted by atomic mass is 35.5. The fourth-order valence-corrected chi connectivity index (χ4v) is 2.80.